The number of rotatable bonds is 8. The van der Waals surface area contributed by atoms with E-state index < -0.39 is 5.97 Å². The summed E-state index contributed by atoms with van der Waals surface area (Å²) >= 11 is 0. The summed E-state index contributed by atoms with van der Waals surface area (Å²) in [6.07, 6.45) is 1.65. The quantitative estimate of drug-likeness (QED) is 0.774. The van der Waals surface area contributed by atoms with E-state index in [9.17, 15) is 9.59 Å². The molecule has 118 valence electrons. The third-order valence-electron chi connectivity index (χ3n) is 4.08. The van der Waals surface area contributed by atoms with E-state index in [1.165, 1.54) is 0 Å². The van der Waals surface area contributed by atoms with Crippen molar-refractivity contribution >= 4 is 11.9 Å². The van der Waals surface area contributed by atoms with Crippen LogP contribution in [0.25, 0.3) is 0 Å². The van der Waals surface area contributed by atoms with Crippen LogP contribution in [0.1, 0.15) is 49.3 Å². The summed E-state index contributed by atoms with van der Waals surface area (Å²) in [5.41, 5.74) is 1.70. The number of carbonyl (C=O) groups excluding carboxylic acids is 1. The molecule has 2 N–H and O–H groups in total. The number of hydrogen-bond acceptors (Lipinski definition) is 2. The van der Waals surface area contributed by atoms with Gasteiger partial charge in [0, 0.05) is 25.7 Å². The van der Waals surface area contributed by atoms with Gasteiger partial charge < -0.3 is 15.0 Å². The Bertz CT molecular complexity index is 492. The van der Waals surface area contributed by atoms with Crippen molar-refractivity contribution < 1.29 is 14.7 Å². The molecule has 0 aliphatic heterocycles. The van der Waals surface area contributed by atoms with E-state index in [1.807, 2.05) is 30.7 Å². The summed E-state index contributed by atoms with van der Waals surface area (Å²) in [6.45, 7) is 6.72. The first-order valence-corrected chi connectivity index (χ1v) is 7.45. The lowest BCUT2D eigenvalue weighted by Gasteiger charge is -2.20. The number of hydrogen-bond donors (Lipinski definition) is 2. The van der Waals surface area contributed by atoms with Crippen LogP contribution in [-0.4, -0.2) is 28.1 Å². The van der Waals surface area contributed by atoms with Crippen LogP contribution in [0.15, 0.2) is 12.1 Å². The van der Waals surface area contributed by atoms with Gasteiger partial charge in [0.05, 0.1) is 0 Å². The number of aromatic nitrogens is 1. The fourth-order valence-corrected chi connectivity index (χ4v) is 2.42. The summed E-state index contributed by atoms with van der Waals surface area (Å²) in [5.74, 6) is -0.106. The molecule has 0 bridgehead atoms. The van der Waals surface area contributed by atoms with Crippen LogP contribution in [0.4, 0.5) is 0 Å². The molecule has 1 atom stereocenters. The van der Waals surface area contributed by atoms with Crippen molar-refractivity contribution in [2.45, 2.75) is 40.0 Å². The largest absolute Gasteiger partial charge is 0.481 e. The number of aryl methyl sites for hydroxylation is 1. The maximum atomic E-state index is 12.1. The van der Waals surface area contributed by atoms with Gasteiger partial charge >= 0.3 is 5.97 Å². The number of carbonyl (C=O) groups is 2. The highest BCUT2D eigenvalue weighted by atomic mass is 16.4. The molecule has 0 aliphatic rings. The Hall–Kier alpha value is -1.78. The maximum absolute atomic E-state index is 12.1. The molecule has 5 heteroatoms. The van der Waals surface area contributed by atoms with E-state index in [4.69, 9.17) is 5.11 Å². The van der Waals surface area contributed by atoms with Crippen LogP contribution in [-0.2, 0) is 11.8 Å². The molecule has 21 heavy (non-hydrogen) atoms. The second kappa shape index (κ2) is 7.86. The molecule has 1 heterocycles. The second-order valence-corrected chi connectivity index (χ2v) is 5.90. The predicted molar refractivity (Wildman–Crippen MR) is 82.3 cm³/mol. The molecule has 0 spiro atoms. The van der Waals surface area contributed by atoms with Crippen LogP contribution in [0.5, 0.6) is 0 Å². The van der Waals surface area contributed by atoms with Gasteiger partial charge in [-0.05, 0) is 43.7 Å². The number of nitrogens with zero attached hydrogens (tertiary/aromatic N) is 1. The molecule has 1 aromatic rings. The number of carboxylic acids is 1. The average molecular weight is 294 g/mol. The SMILES string of the molecule is Cc1ccc(C(=O)NCCC(CCC(=O)O)C(C)C)n1C. The van der Waals surface area contributed by atoms with E-state index in [0.29, 0.717) is 30.5 Å². The van der Waals surface area contributed by atoms with Gasteiger partial charge in [-0.1, -0.05) is 13.8 Å². The number of aliphatic carboxylic acids is 1. The van der Waals surface area contributed by atoms with Crippen LogP contribution >= 0.6 is 0 Å². The molecular weight excluding hydrogens is 268 g/mol. The molecule has 0 saturated heterocycles. The highest BCUT2D eigenvalue weighted by molar-refractivity contribution is 5.92. The number of carboxylic acid groups (broad SMARTS) is 1. The second-order valence-electron chi connectivity index (χ2n) is 5.90. The number of nitrogens with one attached hydrogen (secondary N) is 1. The highest BCUT2D eigenvalue weighted by Crippen LogP contribution is 2.20. The van der Waals surface area contributed by atoms with Gasteiger partial charge in [-0.2, -0.15) is 0 Å². The van der Waals surface area contributed by atoms with Gasteiger partial charge in [0.25, 0.3) is 5.91 Å². The zero-order valence-corrected chi connectivity index (χ0v) is 13.3. The first-order chi connectivity index (χ1) is 9.82. The van der Waals surface area contributed by atoms with Crippen molar-refractivity contribution in [1.82, 2.24) is 9.88 Å². The summed E-state index contributed by atoms with van der Waals surface area (Å²) < 4.78 is 1.86. The van der Waals surface area contributed by atoms with Crippen molar-refractivity contribution in [2.24, 2.45) is 18.9 Å². The monoisotopic (exact) mass is 294 g/mol. The third-order valence-corrected chi connectivity index (χ3v) is 4.08. The smallest absolute Gasteiger partial charge is 0.303 e. The molecule has 5 nitrogen and oxygen atoms in total. The summed E-state index contributed by atoms with van der Waals surface area (Å²) in [5, 5.41) is 11.7. The normalized spacial score (nSPS) is 12.4. The molecule has 0 radical (unpaired) electrons. The summed E-state index contributed by atoms with van der Waals surface area (Å²) in [4.78, 5) is 22.7. The van der Waals surface area contributed by atoms with E-state index in [1.54, 1.807) is 0 Å². The molecule has 1 amide bonds. The first-order valence-electron chi connectivity index (χ1n) is 7.45. The Morgan fingerprint density at radius 1 is 1.29 bits per heavy atom. The highest BCUT2D eigenvalue weighted by Gasteiger charge is 2.16. The zero-order valence-electron chi connectivity index (χ0n) is 13.3. The first kappa shape index (κ1) is 17.3. The Balaban J connectivity index is 2.45. The Kier molecular flexibility index (Phi) is 6.46. The van der Waals surface area contributed by atoms with Gasteiger partial charge in [-0.15, -0.1) is 0 Å². The molecule has 1 rings (SSSR count). The van der Waals surface area contributed by atoms with Crippen molar-refractivity contribution in [3.63, 3.8) is 0 Å². The Morgan fingerprint density at radius 3 is 2.43 bits per heavy atom. The van der Waals surface area contributed by atoms with Crippen LogP contribution < -0.4 is 5.32 Å². The molecule has 0 saturated carbocycles. The number of amides is 1. The van der Waals surface area contributed by atoms with Crippen LogP contribution in [0.2, 0.25) is 0 Å². The summed E-state index contributed by atoms with van der Waals surface area (Å²) in [7, 11) is 1.87. The van der Waals surface area contributed by atoms with Crippen molar-refractivity contribution in [3.8, 4) is 0 Å². The van der Waals surface area contributed by atoms with E-state index >= 15 is 0 Å². The minimum atomic E-state index is -0.760. The minimum Gasteiger partial charge on any atom is -0.481 e. The minimum absolute atomic E-state index is 0.0775. The lowest BCUT2D eigenvalue weighted by atomic mass is 9.88. The third kappa shape index (κ3) is 5.25. The van der Waals surface area contributed by atoms with Gasteiger partial charge in [0.2, 0.25) is 0 Å². The summed E-state index contributed by atoms with van der Waals surface area (Å²) in [6, 6.07) is 3.73. The van der Waals surface area contributed by atoms with Crippen molar-refractivity contribution in [3.05, 3.63) is 23.5 Å². The lowest BCUT2D eigenvalue weighted by molar-refractivity contribution is -0.137. The maximum Gasteiger partial charge on any atom is 0.303 e. The van der Waals surface area contributed by atoms with E-state index in [2.05, 4.69) is 19.2 Å². The van der Waals surface area contributed by atoms with Crippen LogP contribution in [0.3, 0.4) is 0 Å². The standard InChI is InChI=1S/C16H26N2O3/c1-11(2)13(6-8-15(19)20)9-10-17-16(21)14-7-5-12(3)18(14)4/h5,7,11,13H,6,8-10H2,1-4H3,(H,17,21)(H,19,20). The van der Waals surface area contributed by atoms with Gasteiger partial charge in [-0.25, -0.2) is 0 Å². The molecule has 0 fully saturated rings. The van der Waals surface area contributed by atoms with E-state index in [0.717, 1.165) is 12.1 Å². The van der Waals surface area contributed by atoms with Crippen LogP contribution in [0, 0.1) is 18.8 Å². The fraction of sp³-hybridized carbons (Fsp3) is 0.625. The molecule has 0 aromatic carbocycles. The van der Waals surface area contributed by atoms with Crippen molar-refractivity contribution in [2.75, 3.05) is 6.54 Å². The average Bonchev–Trinajstić information content (AvgIpc) is 2.73. The fourth-order valence-electron chi connectivity index (χ4n) is 2.42. The van der Waals surface area contributed by atoms with E-state index in [-0.39, 0.29) is 12.3 Å². The topological polar surface area (TPSA) is 71.3 Å². The molecule has 1 aromatic heterocycles. The van der Waals surface area contributed by atoms with Crippen molar-refractivity contribution in [1.29, 1.82) is 0 Å². The molecular formula is C16H26N2O3. The van der Waals surface area contributed by atoms with Gasteiger partial charge in [0.1, 0.15) is 5.69 Å². The molecule has 0 aliphatic carbocycles. The Labute approximate surface area is 126 Å². The molecule has 1 unspecified atom stereocenters. The Morgan fingerprint density at radius 2 is 1.95 bits per heavy atom. The lowest BCUT2D eigenvalue weighted by Crippen LogP contribution is -2.28. The predicted octanol–water partition coefficient (Wildman–Crippen LogP) is 2.59. The van der Waals surface area contributed by atoms with Gasteiger partial charge in [0.15, 0.2) is 0 Å². The van der Waals surface area contributed by atoms with Gasteiger partial charge in [-0.3, -0.25) is 9.59 Å². The zero-order chi connectivity index (χ0) is 16.0.